The predicted octanol–water partition coefficient (Wildman–Crippen LogP) is 31.2. The SMILES string of the molecule is CC1CC=C2C=CCC[C@]2(C)C1C.CC1CC=C2C[C@@H](C)CC[C@]2(C)C1C.CC1CC=C2C[C@@H](O)CC[C@]2(C)C1C.CC1CCC2=CC(=O)CC[C@]2(C)C1C.CC1CCC2CC(=O)CC[C@]2(C)C1C.CC1CCC2C[C@H](O)CC[C@]2(C)C1C.CC1CCc2cc(O)ccc2C1C.CC1C[C@@H](F)C2=CC(=O)CC[C@]2(C)C1C.CC1C[C@H](F)C2=CC(=O)CC[C@]2(C)C1C. The second-order valence-corrected chi connectivity index (χ2v) is 48.8. The fourth-order valence-corrected chi connectivity index (χ4v) is 28.5. The van der Waals surface area contributed by atoms with Crippen LogP contribution >= 0.6 is 0 Å². The van der Waals surface area contributed by atoms with Crippen LogP contribution in [0.2, 0.25) is 0 Å². The molecule has 17 aliphatic rings. The highest BCUT2D eigenvalue weighted by Gasteiger charge is 2.53. The second-order valence-electron chi connectivity index (χ2n) is 48.8. The van der Waals surface area contributed by atoms with Crippen LogP contribution in [0.1, 0.15) is 409 Å². The molecule has 1 aromatic rings. The predicted molar refractivity (Wildman–Crippen MR) is 524 cm³/mol. The maximum Gasteiger partial charge on any atom is 0.155 e. The number of halogens is 2. The van der Waals surface area contributed by atoms with Gasteiger partial charge in [-0.15, -0.1) is 0 Å². The molecule has 9 fully saturated rings. The lowest BCUT2D eigenvalue weighted by molar-refractivity contribution is -0.129. The molecule has 0 heterocycles. The number of phenols is 1. The first kappa shape index (κ1) is 104. The zero-order chi connectivity index (χ0) is 93.1. The molecule has 20 unspecified atom stereocenters. The Hall–Kier alpha value is -4.34. The van der Waals surface area contributed by atoms with Crippen molar-refractivity contribution in [3.8, 4) is 5.75 Å². The van der Waals surface area contributed by atoms with Crippen molar-refractivity contribution in [1.82, 2.24) is 0 Å². The van der Waals surface area contributed by atoms with Crippen LogP contribution in [0.4, 0.5) is 8.78 Å². The van der Waals surface area contributed by atoms with Gasteiger partial charge < -0.3 is 15.3 Å². The van der Waals surface area contributed by atoms with E-state index in [1.54, 1.807) is 29.4 Å². The molecule has 7 nitrogen and oxygen atoms in total. The van der Waals surface area contributed by atoms with Gasteiger partial charge in [-0.2, -0.15) is 0 Å². The summed E-state index contributed by atoms with van der Waals surface area (Å²) in [4.78, 5) is 45.5. The zero-order valence-corrected chi connectivity index (χ0v) is 85.3. The Labute approximate surface area is 769 Å². The monoisotopic (exact) mass is 1740 g/mol. The number of benzene rings is 1. The van der Waals surface area contributed by atoms with Crippen molar-refractivity contribution in [2.75, 3.05) is 0 Å². The van der Waals surface area contributed by atoms with Crippen molar-refractivity contribution >= 4 is 23.1 Å². The summed E-state index contributed by atoms with van der Waals surface area (Å²) in [6.07, 6.45) is 51.1. The van der Waals surface area contributed by atoms with E-state index in [4.69, 9.17) is 0 Å². The number of hydrogen-bond acceptors (Lipinski definition) is 7. The van der Waals surface area contributed by atoms with Crippen LogP contribution in [-0.2, 0) is 25.6 Å². The smallest absolute Gasteiger partial charge is 0.155 e. The summed E-state index contributed by atoms with van der Waals surface area (Å²) in [5.41, 5.74) is 13.2. The lowest BCUT2D eigenvalue weighted by Crippen LogP contribution is -2.46. The summed E-state index contributed by atoms with van der Waals surface area (Å²) >= 11 is 0. The van der Waals surface area contributed by atoms with Gasteiger partial charge in [0, 0.05) is 32.1 Å². The minimum atomic E-state index is -0.898. The van der Waals surface area contributed by atoms with Crippen molar-refractivity contribution in [3.05, 3.63) is 111 Å². The second kappa shape index (κ2) is 42.5. The van der Waals surface area contributed by atoms with E-state index < -0.39 is 12.3 Å². The van der Waals surface area contributed by atoms with Gasteiger partial charge in [0.2, 0.25) is 0 Å². The van der Waals surface area contributed by atoms with Gasteiger partial charge in [0.15, 0.2) is 17.3 Å². The van der Waals surface area contributed by atoms with E-state index >= 15 is 0 Å². The fourth-order valence-electron chi connectivity index (χ4n) is 28.5. The van der Waals surface area contributed by atoms with Crippen LogP contribution in [0.5, 0.6) is 5.75 Å². The molecule has 0 spiro atoms. The Morgan fingerprint density at radius 3 is 1.36 bits per heavy atom. The van der Waals surface area contributed by atoms with E-state index in [9.17, 15) is 43.3 Å². The molecule has 18 rings (SSSR count). The molecule has 126 heavy (non-hydrogen) atoms. The standard InChI is InChI=1S/C14H24.2C13H19FO.C13H24O.2C13H22O.C13H20O.C13H20.C12H16O/c1-10-7-8-14(4)12(3)11(2)5-6-13(14)9-10;2*1-8-6-12(14)11-7-10(15)4-5-13(11,3)9(8)2;4*1-9-4-5-11-8-12(14)6-7-13(11,3)10(9)2;1-10-7-8-12-6-4-5-9-13(12,3)11(10)2;1-8-3-4-10-7-11(13)5-6-12(10)9(8)2/h6,10-12H,5,7-9H2,1-4H3;2*7-9,12H,4-6H2,1-3H3;9-12,14H,4-8H2,1-3H3;9-11H,4-8H2,1-3H3;5,9-10,12,14H,4,6-8H2,1-3H3;8-10H,4-7H2,1-3H3;4,6,8,10-11H,5,7,9H2,1-3H3;5-9,13H,3-4H2,1-2H3/t10-,11?,12?,14+;8?,9?,12-,13+;8?,9?,12-,13-;9?,10?,11?,12-,13-;9?,10?,11?,13-;9?,10?,12-,13+;9?,10?,13-;10?,11?,13-;/m00111011./s1. The van der Waals surface area contributed by atoms with Crippen LogP contribution < -0.4 is 0 Å². The number of rotatable bonds is 0. The van der Waals surface area contributed by atoms with Gasteiger partial charge in [-0.05, 0) is 393 Å². The van der Waals surface area contributed by atoms with Crippen LogP contribution in [-0.4, -0.2) is 63.0 Å². The van der Waals surface area contributed by atoms with Crippen molar-refractivity contribution in [2.45, 2.75) is 429 Å². The number of aliphatic hydroxyl groups is 2. The fraction of sp³-hybridized carbons (Fsp3) is 0.795. The first-order valence-corrected chi connectivity index (χ1v) is 52.4. The van der Waals surface area contributed by atoms with Crippen molar-refractivity contribution < 1.29 is 43.3 Å². The number of hydrogen-bond donors (Lipinski definition) is 3. The molecule has 9 saturated carbocycles. The molecule has 9 heteroatoms. The molecule has 710 valence electrons. The number of carbonyl (C=O) groups is 4. The highest BCUT2D eigenvalue weighted by molar-refractivity contribution is 5.93. The van der Waals surface area contributed by atoms with Crippen LogP contribution in [0.15, 0.2) is 100 Å². The van der Waals surface area contributed by atoms with Crippen LogP contribution in [0.3, 0.4) is 0 Å². The highest BCUT2D eigenvalue weighted by Crippen LogP contribution is 2.61. The van der Waals surface area contributed by atoms with E-state index in [1.165, 1.54) is 125 Å². The Balaban J connectivity index is 0.000000148. The number of allylic oxidation sites excluding steroid dienone is 13. The quantitative estimate of drug-likeness (QED) is 0.221. The number of aryl methyl sites for hydroxylation is 1. The summed E-state index contributed by atoms with van der Waals surface area (Å²) < 4.78 is 27.9. The molecule has 0 amide bonds. The van der Waals surface area contributed by atoms with Gasteiger partial charge in [0.25, 0.3) is 0 Å². The maximum absolute atomic E-state index is 13.9. The topological polar surface area (TPSA) is 129 Å². The molecule has 0 aliphatic heterocycles. The molecule has 0 aromatic heterocycles. The van der Waals surface area contributed by atoms with Crippen LogP contribution in [0, 0.1) is 162 Å². The molecule has 0 bridgehead atoms. The molecular weight excluding hydrogens is 1560 g/mol. The number of alkyl halides is 2. The molecular formula is C117H186F2O7. The Morgan fingerprint density at radius 1 is 0.357 bits per heavy atom. The van der Waals surface area contributed by atoms with E-state index in [2.05, 4.69) is 223 Å². The van der Waals surface area contributed by atoms with Gasteiger partial charge in [-0.25, -0.2) is 8.78 Å². The molecule has 3 N–H and O–H groups in total. The van der Waals surface area contributed by atoms with Crippen molar-refractivity contribution in [2.24, 2.45) is 162 Å². The van der Waals surface area contributed by atoms with E-state index in [-0.39, 0.29) is 34.6 Å². The molecule has 17 aliphatic carbocycles. The average Bonchev–Trinajstić information content (AvgIpc) is 0.746. The Morgan fingerprint density at radius 2 is 0.802 bits per heavy atom. The van der Waals surface area contributed by atoms with E-state index in [1.807, 2.05) is 12.1 Å². The third-order valence-corrected chi connectivity index (χ3v) is 42.1. The number of phenolic OH excluding ortho intramolecular Hbond substituents is 1. The highest BCUT2D eigenvalue weighted by atomic mass is 19.1. The summed E-state index contributed by atoms with van der Waals surface area (Å²) in [6, 6.07) is 5.79. The first-order valence-electron chi connectivity index (χ1n) is 52.4. The third-order valence-electron chi connectivity index (χ3n) is 42.1. The number of carbonyl (C=O) groups excluding carboxylic acids is 4. The minimum Gasteiger partial charge on any atom is -0.508 e. The van der Waals surface area contributed by atoms with Gasteiger partial charge in [0.05, 0.1) is 12.2 Å². The largest absolute Gasteiger partial charge is 0.508 e. The number of fused-ring (bicyclic) bond motifs is 9. The summed E-state index contributed by atoms with van der Waals surface area (Å²) in [5, 5.41) is 28.7. The minimum absolute atomic E-state index is 0.00585. The molecule has 0 radical (unpaired) electrons. The van der Waals surface area contributed by atoms with Crippen molar-refractivity contribution in [3.63, 3.8) is 0 Å². The van der Waals surface area contributed by atoms with Crippen molar-refractivity contribution in [1.29, 1.82) is 0 Å². The number of aliphatic hydroxyl groups excluding tert-OH is 2. The third kappa shape index (κ3) is 22.5. The average molecular weight is 1740 g/mol. The van der Waals surface area contributed by atoms with Crippen LogP contribution in [0.25, 0.3) is 0 Å². The number of aromatic hydroxyl groups is 1. The lowest BCUT2D eigenvalue weighted by atomic mass is 9.53. The maximum atomic E-state index is 13.9. The molecule has 0 saturated heterocycles. The molecule has 33 atom stereocenters. The first-order chi connectivity index (χ1) is 58.9. The lowest BCUT2D eigenvalue weighted by Gasteiger charge is -2.53. The summed E-state index contributed by atoms with van der Waals surface area (Å²) in [5.74, 6) is 17.0. The van der Waals surface area contributed by atoms with E-state index in [0.717, 1.165) is 183 Å². The number of Topliss-reactive ketones (excluding diaryl/α,β-unsaturated/α-hetero) is 1. The van der Waals surface area contributed by atoms with E-state index in [0.29, 0.717) is 111 Å². The normalized spacial score (nSPS) is 45.2. The van der Waals surface area contributed by atoms with Gasteiger partial charge >= 0.3 is 0 Å². The summed E-state index contributed by atoms with van der Waals surface area (Å²) in [6.45, 7) is 63.2. The Bertz CT molecular complexity index is 3990. The molecule has 1 aromatic carbocycles. The number of ketones is 4. The van der Waals surface area contributed by atoms with Gasteiger partial charge in [-0.3, -0.25) is 19.2 Å². The van der Waals surface area contributed by atoms with Gasteiger partial charge in [-0.1, -0.05) is 253 Å². The summed E-state index contributed by atoms with van der Waals surface area (Å²) in [7, 11) is 0. The van der Waals surface area contributed by atoms with Gasteiger partial charge in [0.1, 0.15) is 23.9 Å². The zero-order valence-electron chi connectivity index (χ0n) is 85.3. The Kier molecular flexibility index (Phi) is 35.0.